The normalized spacial score (nSPS) is 19.6. The van der Waals surface area contributed by atoms with Crippen LogP contribution in [0.2, 0.25) is 0 Å². The maximum absolute atomic E-state index is 12.8. The number of Topliss-reactive ketones (excluding diaryl/α,β-unsaturated/α-hetero) is 1. The van der Waals surface area contributed by atoms with E-state index in [1.54, 1.807) is 19.1 Å². The van der Waals surface area contributed by atoms with Gasteiger partial charge in [0.15, 0.2) is 5.78 Å². The van der Waals surface area contributed by atoms with E-state index in [0.29, 0.717) is 24.3 Å². The molecule has 0 spiro atoms. The molecule has 30 heavy (non-hydrogen) atoms. The molecule has 0 aromatic heterocycles. The molecule has 0 aliphatic heterocycles. The van der Waals surface area contributed by atoms with Gasteiger partial charge in [0.1, 0.15) is 5.84 Å². The molecule has 1 amide bonds. The monoisotopic (exact) mass is 405 g/mol. The van der Waals surface area contributed by atoms with Crippen LogP contribution >= 0.6 is 0 Å². The highest BCUT2D eigenvalue weighted by molar-refractivity contribution is 5.95. The number of hydrogen-bond acceptors (Lipinski definition) is 3. The zero-order valence-corrected chi connectivity index (χ0v) is 17.6. The van der Waals surface area contributed by atoms with Crippen LogP contribution in [0.25, 0.3) is 0 Å². The Morgan fingerprint density at radius 2 is 1.80 bits per heavy atom. The van der Waals surface area contributed by atoms with Gasteiger partial charge in [-0.1, -0.05) is 61.0 Å². The van der Waals surface area contributed by atoms with Gasteiger partial charge in [-0.25, -0.2) is 0 Å². The number of amidine groups is 1. The average Bonchev–Trinajstić information content (AvgIpc) is 2.78. The summed E-state index contributed by atoms with van der Waals surface area (Å²) in [7, 11) is 0. The van der Waals surface area contributed by atoms with Crippen molar-refractivity contribution in [3.05, 3.63) is 71.3 Å². The molecule has 5 heteroatoms. The van der Waals surface area contributed by atoms with Crippen molar-refractivity contribution in [1.29, 1.82) is 5.41 Å². The smallest absolute Gasteiger partial charge is 0.223 e. The molecule has 0 heterocycles. The van der Waals surface area contributed by atoms with Gasteiger partial charge in [0, 0.05) is 17.9 Å². The zero-order chi connectivity index (χ0) is 21.5. The van der Waals surface area contributed by atoms with Crippen molar-refractivity contribution in [2.45, 2.75) is 57.4 Å². The number of amides is 1. The predicted octanol–water partition coefficient (Wildman–Crippen LogP) is 3.95. The largest absolute Gasteiger partial charge is 0.384 e. The number of nitrogen functional groups attached to an aromatic ring is 1. The van der Waals surface area contributed by atoms with Crippen LogP contribution in [0.5, 0.6) is 0 Å². The topological polar surface area (TPSA) is 96.0 Å². The highest BCUT2D eigenvalue weighted by atomic mass is 16.2. The number of benzene rings is 2. The summed E-state index contributed by atoms with van der Waals surface area (Å²) in [6, 6.07) is 17.3. The fraction of sp³-hybridized carbons (Fsp3) is 0.400. The minimum Gasteiger partial charge on any atom is -0.384 e. The highest BCUT2D eigenvalue weighted by Gasteiger charge is 2.29. The molecule has 2 aromatic carbocycles. The van der Waals surface area contributed by atoms with Crippen molar-refractivity contribution >= 4 is 17.5 Å². The Balaban J connectivity index is 1.48. The lowest BCUT2D eigenvalue weighted by atomic mass is 9.77. The van der Waals surface area contributed by atoms with Crippen LogP contribution in [-0.2, 0) is 16.0 Å². The van der Waals surface area contributed by atoms with Crippen molar-refractivity contribution in [3.8, 4) is 0 Å². The van der Waals surface area contributed by atoms with E-state index < -0.39 is 6.04 Å². The van der Waals surface area contributed by atoms with E-state index in [1.165, 1.54) is 5.56 Å². The molecule has 0 saturated heterocycles. The van der Waals surface area contributed by atoms with Gasteiger partial charge >= 0.3 is 0 Å². The number of rotatable bonds is 8. The number of carbonyl (C=O) groups excluding carboxylic acids is 2. The molecular weight excluding hydrogens is 374 g/mol. The quantitative estimate of drug-likeness (QED) is 0.458. The summed E-state index contributed by atoms with van der Waals surface area (Å²) in [5.74, 6) is 0.459. The fourth-order valence-corrected chi connectivity index (χ4v) is 4.20. The molecule has 0 unspecified atom stereocenters. The molecule has 3 atom stereocenters. The minimum absolute atomic E-state index is 0.00212. The van der Waals surface area contributed by atoms with Gasteiger partial charge in [0.25, 0.3) is 0 Å². The van der Waals surface area contributed by atoms with E-state index in [4.69, 9.17) is 11.1 Å². The molecule has 5 nitrogen and oxygen atoms in total. The van der Waals surface area contributed by atoms with Crippen molar-refractivity contribution in [2.75, 3.05) is 0 Å². The lowest BCUT2D eigenvalue weighted by Crippen LogP contribution is -2.42. The second-order valence-corrected chi connectivity index (χ2v) is 8.28. The lowest BCUT2D eigenvalue weighted by Gasteiger charge is -2.29. The van der Waals surface area contributed by atoms with Gasteiger partial charge in [-0.05, 0) is 49.7 Å². The molecule has 1 fully saturated rings. The molecule has 0 bridgehead atoms. The first-order valence-corrected chi connectivity index (χ1v) is 10.8. The summed E-state index contributed by atoms with van der Waals surface area (Å²) in [5.41, 5.74) is 8.46. The van der Waals surface area contributed by atoms with Gasteiger partial charge in [0.2, 0.25) is 5.91 Å². The molecular formula is C25H31N3O2. The third-order valence-electron chi connectivity index (χ3n) is 6.08. The van der Waals surface area contributed by atoms with Gasteiger partial charge < -0.3 is 11.1 Å². The Kier molecular flexibility index (Phi) is 7.39. The first kappa shape index (κ1) is 21.8. The van der Waals surface area contributed by atoms with Crippen LogP contribution in [0.3, 0.4) is 0 Å². The van der Waals surface area contributed by atoms with Gasteiger partial charge in [-0.2, -0.15) is 0 Å². The molecule has 1 saturated carbocycles. The van der Waals surface area contributed by atoms with Crippen molar-refractivity contribution in [2.24, 2.45) is 11.7 Å². The van der Waals surface area contributed by atoms with Crippen LogP contribution in [0.15, 0.2) is 54.6 Å². The zero-order valence-electron chi connectivity index (χ0n) is 17.6. The highest BCUT2D eigenvalue weighted by Crippen LogP contribution is 2.36. The molecule has 158 valence electrons. The van der Waals surface area contributed by atoms with Crippen molar-refractivity contribution in [3.63, 3.8) is 0 Å². The van der Waals surface area contributed by atoms with E-state index in [0.717, 1.165) is 31.2 Å². The maximum Gasteiger partial charge on any atom is 0.223 e. The standard InChI is InChI=1S/C25H31N3O2/c1-17(23(29)15-12-18-10-13-20(14-11-18)24(26)27)28-25(30)22-9-5-8-21(16-22)19-6-3-2-4-7-19/h2-4,6-7,10-11,13-14,17,21-22H,5,8-9,12,15-16H2,1H3,(H3,26,27)(H,28,30)/t17-,21+,22+/m0/s1. The van der Waals surface area contributed by atoms with Gasteiger partial charge in [-0.3, -0.25) is 15.0 Å². The predicted molar refractivity (Wildman–Crippen MR) is 120 cm³/mol. The summed E-state index contributed by atoms with van der Waals surface area (Å²) in [6.45, 7) is 1.77. The Hall–Kier alpha value is -2.95. The van der Waals surface area contributed by atoms with E-state index in [1.807, 2.05) is 30.3 Å². The van der Waals surface area contributed by atoms with Gasteiger partial charge in [-0.15, -0.1) is 0 Å². The fourth-order valence-electron chi connectivity index (χ4n) is 4.20. The van der Waals surface area contributed by atoms with E-state index in [-0.39, 0.29) is 23.4 Å². The number of hydrogen-bond donors (Lipinski definition) is 3. The second-order valence-electron chi connectivity index (χ2n) is 8.28. The number of ketones is 1. The van der Waals surface area contributed by atoms with Crippen molar-refractivity contribution in [1.82, 2.24) is 5.32 Å². The molecule has 2 aromatic rings. The summed E-state index contributed by atoms with van der Waals surface area (Å²) in [6.07, 6.45) is 4.87. The summed E-state index contributed by atoms with van der Waals surface area (Å²) >= 11 is 0. The average molecular weight is 406 g/mol. The van der Waals surface area contributed by atoms with Crippen LogP contribution in [0.4, 0.5) is 0 Å². The van der Waals surface area contributed by atoms with Crippen molar-refractivity contribution < 1.29 is 9.59 Å². The number of nitrogens with one attached hydrogen (secondary N) is 2. The molecule has 3 rings (SSSR count). The number of aryl methyl sites for hydroxylation is 1. The third kappa shape index (κ3) is 5.78. The summed E-state index contributed by atoms with van der Waals surface area (Å²) < 4.78 is 0. The van der Waals surface area contributed by atoms with E-state index in [9.17, 15) is 9.59 Å². The Bertz CT molecular complexity index is 877. The first-order valence-electron chi connectivity index (χ1n) is 10.8. The van der Waals surface area contributed by atoms with E-state index >= 15 is 0 Å². The maximum atomic E-state index is 12.8. The van der Waals surface area contributed by atoms with Crippen LogP contribution in [-0.4, -0.2) is 23.6 Å². The molecule has 4 N–H and O–H groups in total. The summed E-state index contributed by atoms with van der Waals surface area (Å²) in [4.78, 5) is 25.3. The number of nitrogens with two attached hydrogens (primary N) is 1. The lowest BCUT2D eigenvalue weighted by molar-refractivity contribution is -0.130. The minimum atomic E-state index is -0.480. The van der Waals surface area contributed by atoms with E-state index in [2.05, 4.69) is 17.4 Å². The Morgan fingerprint density at radius 1 is 1.10 bits per heavy atom. The first-order chi connectivity index (χ1) is 14.4. The van der Waals surface area contributed by atoms with Crippen LogP contribution < -0.4 is 11.1 Å². The molecule has 1 aliphatic rings. The van der Waals surface area contributed by atoms with Crippen LogP contribution in [0.1, 0.15) is 61.6 Å². The Morgan fingerprint density at radius 3 is 2.47 bits per heavy atom. The van der Waals surface area contributed by atoms with Crippen LogP contribution in [0, 0.1) is 11.3 Å². The van der Waals surface area contributed by atoms with Gasteiger partial charge in [0.05, 0.1) is 6.04 Å². The SMILES string of the molecule is C[C@H](NC(=O)[C@@H]1CCC[C@@H](c2ccccc2)C1)C(=O)CCc1ccc(C(=N)N)cc1. The summed E-state index contributed by atoms with van der Waals surface area (Å²) in [5, 5.41) is 10.4. The number of carbonyl (C=O) groups is 2. The molecule has 1 aliphatic carbocycles. The third-order valence-corrected chi connectivity index (χ3v) is 6.08. The second kappa shape index (κ2) is 10.2. The Labute approximate surface area is 178 Å². The molecule has 0 radical (unpaired) electrons.